The molecule has 0 atom stereocenters. The van der Waals surface area contributed by atoms with Crippen molar-refractivity contribution < 1.29 is 22.0 Å². The molecule has 12 heteroatoms. The minimum Gasteiger partial charge on any atom is -0.253 e. The Balaban J connectivity index is 1.79. The van der Waals surface area contributed by atoms with Crippen molar-refractivity contribution in [1.82, 2.24) is 20.0 Å². The molecular weight excluding hydrogens is 479 g/mol. The summed E-state index contributed by atoms with van der Waals surface area (Å²) in [5.74, 6) is 0.614. The predicted molar refractivity (Wildman–Crippen MR) is 111 cm³/mol. The second-order valence-electron chi connectivity index (χ2n) is 6.44. The van der Waals surface area contributed by atoms with E-state index in [9.17, 15) is 22.0 Å². The summed E-state index contributed by atoms with van der Waals surface area (Å²) in [7, 11) is 0. The number of hydrogen-bond donors (Lipinski definition) is 0. The van der Waals surface area contributed by atoms with Gasteiger partial charge in [-0.3, -0.25) is 4.68 Å². The number of thioether (sulfide) groups is 1. The maximum absolute atomic E-state index is 13.1. The largest absolute Gasteiger partial charge is 0.408 e. The summed E-state index contributed by atoms with van der Waals surface area (Å²) in [6.07, 6.45) is -7.38. The van der Waals surface area contributed by atoms with E-state index in [1.165, 1.54) is 11.8 Å². The first kappa shape index (κ1) is 22.0. The van der Waals surface area contributed by atoms with Gasteiger partial charge in [-0.15, -0.1) is 22.0 Å². The smallest absolute Gasteiger partial charge is 0.253 e. The Morgan fingerprint density at radius 3 is 2.48 bits per heavy atom. The van der Waals surface area contributed by atoms with Crippen molar-refractivity contribution in [1.29, 1.82) is 0 Å². The zero-order valence-electron chi connectivity index (χ0n) is 15.4. The van der Waals surface area contributed by atoms with Crippen molar-refractivity contribution in [2.45, 2.75) is 29.8 Å². The van der Waals surface area contributed by atoms with Crippen molar-refractivity contribution in [3.05, 3.63) is 58.1 Å². The van der Waals surface area contributed by atoms with E-state index < -0.39 is 24.2 Å². The van der Waals surface area contributed by atoms with Gasteiger partial charge in [0.25, 0.3) is 6.43 Å². The fourth-order valence-corrected chi connectivity index (χ4v) is 4.93. The molecule has 0 aliphatic heterocycles. The van der Waals surface area contributed by atoms with E-state index in [0.717, 1.165) is 10.2 Å². The fraction of sp³-hybridized carbons (Fsp3) is 0.211. The van der Waals surface area contributed by atoms with Crippen LogP contribution in [0, 0.1) is 0 Å². The maximum atomic E-state index is 13.1. The number of fused-ring (bicyclic) bond motifs is 1. The molecule has 0 aliphatic rings. The van der Waals surface area contributed by atoms with E-state index in [4.69, 9.17) is 11.6 Å². The van der Waals surface area contributed by atoms with Crippen LogP contribution < -0.4 is 0 Å². The van der Waals surface area contributed by atoms with Gasteiger partial charge in [-0.2, -0.15) is 18.3 Å². The van der Waals surface area contributed by atoms with Crippen LogP contribution in [0.4, 0.5) is 22.0 Å². The standard InChI is InChI=1S/C19H12ClF5N4S2/c20-13-7-11(30-8-10-4-2-1-3-5-10)6-12-14(17-26-27-18(31-17)16(21)22)28-29(15(12)13)9-19(23,24)25/h1-7,16H,8-9H2. The molecule has 31 heavy (non-hydrogen) atoms. The third kappa shape index (κ3) is 4.99. The number of alkyl halides is 5. The number of benzene rings is 2. The molecule has 0 saturated heterocycles. The van der Waals surface area contributed by atoms with Crippen LogP contribution in [-0.4, -0.2) is 26.2 Å². The first-order valence-corrected chi connectivity index (χ1v) is 10.9. The fourth-order valence-electron chi connectivity index (χ4n) is 2.93. The molecule has 0 fully saturated rings. The van der Waals surface area contributed by atoms with Crippen molar-refractivity contribution in [3.63, 3.8) is 0 Å². The van der Waals surface area contributed by atoms with Crippen LogP contribution in [0.3, 0.4) is 0 Å². The van der Waals surface area contributed by atoms with Gasteiger partial charge in [-0.25, -0.2) is 8.78 Å². The molecule has 0 radical (unpaired) electrons. The Hall–Kier alpha value is -2.24. The Kier molecular flexibility index (Phi) is 6.18. The third-order valence-corrected chi connectivity index (χ3v) is 6.45. The highest BCUT2D eigenvalue weighted by Crippen LogP contribution is 2.39. The van der Waals surface area contributed by atoms with E-state index in [2.05, 4.69) is 15.3 Å². The van der Waals surface area contributed by atoms with Gasteiger partial charge in [0.05, 0.1) is 10.5 Å². The second kappa shape index (κ2) is 8.71. The van der Waals surface area contributed by atoms with Gasteiger partial charge in [0.1, 0.15) is 12.2 Å². The van der Waals surface area contributed by atoms with Crippen LogP contribution in [0.15, 0.2) is 47.4 Å². The summed E-state index contributed by atoms with van der Waals surface area (Å²) < 4.78 is 65.8. The topological polar surface area (TPSA) is 43.6 Å². The quantitative estimate of drug-likeness (QED) is 0.215. The van der Waals surface area contributed by atoms with E-state index in [0.29, 0.717) is 27.4 Å². The molecule has 0 spiro atoms. The maximum Gasteiger partial charge on any atom is 0.408 e. The van der Waals surface area contributed by atoms with Crippen molar-refractivity contribution in [2.24, 2.45) is 0 Å². The first-order chi connectivity index (χ1) is 14.7. The molecule has 2 aromatic carbocycles. The zero-order valence-corrected chi connectivity index (χ0v) is 17.8. The molecule has 4 aromatic rings. The minimum absolute atomic E-state index is 0.00232. The van der Waals surface area contributed by atoms with Crippen LogP contribution in [0.5, 0.6) is 0 Å². The molecule has 2 heterocycles. The summed E-state index contributed by atoms with van der Waals surface area (Å²) in [5, 5.41) is 11.0. The number of hydrogen-bond acceptors (Lipinski definition) is 5. The average molecular weight is 491 g/mol. The molecule has 0 bridgehead atoms. The van der Waals surface area contributed by atoms with E-state index in [-0.39, 0.29) is 21.2 Å². The number of aromatic nitrogens is 4. The monoisotopic (exact) mass is 490 g/mol. The summed E-state index contributed by atoms with van der Waals surface area (Å²) in [4.78, 5) is 0.702. The first-order valence-electron chi connectivity index (χ1n) is 8.77. The molecule has 4 rings (SSSR count). The highest BCUT2D eigenvalue weighted by atomic mass is 35.5. The normalized spacial score (nSPS) is 12.2. The summed E-state index contributed by atoms with van der Waals surface area (Å²) in [5.41, 5.74) is 1.15. The van der Waals surface area contributed by atoms with Crippen molar-refractivity contribution in [3.8, 4) is 10.7 Å². The highest BCUT2D eigenvalue weighted by Gasteiger charge is 2.31. The molecule has 2 aromatic heterocycles. The lowest BCUT2D eigenvalue weighted by molar-refractivity contribution is -0.141. The van der Waals surface area contributed by atoms with Gasteiger partial charge in [0, 0.05) is 16.0 Å². The number of nitrogens with zero attached hydrogens (tertiary/aromatic N) is 4. The molecule has 0 amide bonds. The van der Waals surface area contributed by atoms with Crippen LogP contribution in [0.2, 0.25) is 5.02 Å². The Bertz CT molecular complexity index is 1210. The van der Waals surface area contributed by atoms with Gasteiger partial charge in [0.15, 0.2) is 10.0 Å². The summed E-state index contributed by atoms with van der Waals surface area (Å²) >= 11 is 8.37. The molecule has 0 saturated carbocycles. The molecular formula is C19H12ClF5N4S2. The van der Waals surface area contributed by atoms with Gasteiger partial charge in [-0.05, 0) is 17.7 Å². The number of rotatable bonds is 6. The van der Waals surface area contributed by atoms with Crippen molar-refractivity contribution in [2.75, 3.05) is 0 Å². The van der Waals surface area contributed by atoms with Gasteiger partial charge in [-0.1, -0.05) is 53.3 Å². The van der Waals surface area contributed by atoms with E-state index in [1.807, 2.05) is 30.3 Å². The van der Waals surface area contributed by atoms with Gasteiger partial charge >= 0.3 is 6.18 Å². The van der Waals surface area contributed by atoms with E-state index >= 15 is 0 Å². The summed E-state index contributed by atoms with van der Waals surface area (Å²) in [6.45, 7) is -1.37. The van der Waals surface area contributed by atoms with Gasteiger partial charge in [0.2, 0.25) is 0 Å². The summed E-state index contributed by atoms with van der Waals surface area (Å²) in [6, 6.07) is 12.8. The molecule has 0 N–H and O–H groups in total. The Morgan fingerprint density at radius 1 is 1.10 bits per heavy atom. The van der Waals surface area contributed by atoms with Crippen LogP contribution >= 0.6 is 34.7 Å². The average Bonchev–Trinajstić information content (AvgIpc) is 3.31. The van der Waals surface area contributed by atoms with Crippen molar-refractivity contribution >= 4 is 45.6 Å². The van der Waals surface area contributed by atoms with Gasteiger partial charge < -0.3 is 0 Å². The zero-order chi connectivity index (χ0) is 22.2. The molecule has 4 nitrogen and oxygen atoms in total. The lowest BCUT2D eigenvalue weighted by Gasteiger charge is -2.09. The van der Waals surface area contributed by atoms with E-state index in [1.54, 1.807) is 12.1 Å². The Morgan fingerprint density at radius 2 is 1.84 bits per heavy atom. The second-order valence-corrected chi connectivity index (χ2v) is 8.91. The third-order valence-electron chi connectivity index (χ3n) is 4.18. The predicted octanol–water partition coefficient (Wildman–Crippen LogP) is 7.00. The lowest BCUT2D eigenvalue weighted by Crippen LogP contribution is -2.18. The SMILES string of the molecule is FC(F)c1nnc(-c2nn(CC(F)(F)F)c3c(Cl)cc(SCc4ccccc4)cc23)s1. The Labute approximate surface area is 186 Å². The highest BCUT2D eigenvalue weighted by molar-refractivity contribution is 7.98. The molecule has 0 aliphatic carbocycles. The lowest BCUT2D eigenvalue weighted by atomic mass is 10.2. The van der Waals surface area contributed by atoms with Crippen LogP contribution in [0.1, 0.15) is 17.0 Å². The molecule has 162 valence electrons. The van der Waals surface area contributed by atoms with Crippen LogP contribution in [0.25, 0.3) is 21.6 Å². The minimum atomic E-state index is -4.55. The van der Waals surface area contributed by atoms with Crippen LogP contribution in [-0.2, 0) is 12.3 Å². The molecule has 0 unspecified atom stereocenters. The number of halogens is 6.